The molecule has 0 saturated heterocycles. The van der Waals surface area contributed by atoms with Crippen molar-refractivity contribution in [2.45, 2.75) is 19.8 Å². The van der Waals surface area contributed by atoms with Gasteiger partial charge in [0.2, 0.25) is 0 Å². The summed E-state index contributed by atoms with van der Waals surface area (Å²) in [5.74, 6) is 1.11. The van der Waals surface area contributed by atoms with Crippen LogP contribution in [0.4, 0.5) is 0 Å². The third-order valence-corrected chi connectivity index (χ3v) is 5.04. The first kappa shape index (κ1) is 18.8. The normalized spacial score (nSPS) is 11.1. The fourth-order valence-corrected chi connectivity index (χ4v) is 3.95. The molecular formula is C19H17Br2NO4. The third kappa shape index (κ3) is 4.04. The van der Waals surface area contributed by atoms with E-state index >= 15 is 0 Å². The van der Waals surface area contributed by atoms with Gasteiger partial charge in [-0.25, -0.2) is 4.79 Å². The number of H-pyrrole nitrogens is 1. The fraction of sp³-hybridized carbons (Fsp3) is 0.211. The van der Waals surface area contributed by atoms with Gasteiger partial charge in [0.1, 0.15) is 11.5 Å². The van der Waals surface area contributed by atoms with E-state index in [0.717, 1.165) is 10.9 Å². The molecule has 2 aromatic carbocycles. The van der Waals surface area contributed by atoms with Gasteiger partial charge in [-0.05, 0) is 73.7 Å². The van der Waals surface area contributed by atoms with Gasteiger partial charge in [0.05, 0.1) is 8.95 Å². The number of hydrogen-bond acceptors (Lipinski definition) is 3. The second-order valence-corrected chi connectivity index (χ2v) is 7.82. The Morgan fingerprint density at radius 3 is 2.46 bits per heavy atom. The molecule has 1 heterocycles. The van der Waals surface area contributed by atoms with Crippen LogP contribution in [0, 0.1) is 0 Å². The number of aromatic nitrogens is 1. The highest BCUT2D eigenvalue weighted by Crippen LogP contribution is 2.40. The topological polar surface area (TPSA) is 71.5 Å². The molecule has 0 radical (unpaired) electrons. The maximum absolute atomic E-state index is 10.6. The lowest BCUT2D eigenvalue weighted by atomic mass is 10.0. The van der Waals surface area contributed by atoms with Crippen LogP contribution in [0.5, 0.6) is 17.2 Å². The third-order valence-electron chi connectivity index (χ3n) is 3.86. The van der Waals surface area contributed by atoms with E-state index in [1.807, 2.05) is 24.4 Å². The van der Waals surface area contributed by atoms with Crippen LogP contribution in [0.1, 0.15) is 25.3 Å². The summed E-state index contributed by atoms with van der Waals surface area (Å²) in [6, 6.07) is 9.25. The second kappa shape index (κ2) is 7.72. The van der Waals surface area contributed by atoms with E-state index in [-0.39, 0.29) is 0 Å². The van der Waals surface area contributed by atoms with Crippen molar-refractivity contribution in [3.05, 3.63) is 51.0 Å². The lowest BCUT2D eigenvalue weighted by Gasteiger charge is -2.13. The Morgan fingerprint density at radius 2 is 1.85 bits per heavy atom. The number of carboxylic acids is 1. The average Bonchev–Trinajstić information content (AvgIpc) is 2.99. The molecule has 26 heavy (non-hydrogen) atoms. The second-order valence-electron chi connectivity index (χ2n) is 6.11. The van der Waals surface area contributed by atoms with Crippen LogP contribution >= 0.6 is 31.9 Å². The Balaban J connectivity index is 1.89. The van der Waals surface area contributed by atoms with Crippen molar-refractivity contribution >= 4 is 48.7 Å². The van der Waals surface area contributed by atoms with Gasteiger partial charge in [0, 0.05) is 17.1 Å². The highest BCUT2D eigenvalue weighted by Gasteiger charge is 2.14. The summed E-state index contributed by atoms with van der Waals surface area (Å²) in [6.07, 6.45) is 2.03. The van der Waals surface area contributed by atoms with E-state index in [4.69, 9.17) is 14.6 Å². The molecule has 3 aromatic rings. The van der Waals surface area contributed by atoms with Gasteiger partial charge in [-0.2, -0.15) is 0 Å². The number of rotatable bonds is 6. The first-order valence-electron chi connectivity index (χ1n) is 7.97. The number of aliphatic carboxylic acids is 1. The maximum atomic E-state index is 10.6. The van der Waals surface area contributed by atoms with Crippen molar-refractivity contribution in [2.24, 2.45) is 0 Å². The molecule has 0 saturated carbocycles. The van der Waals surface area contributed by atoms with Crippen LogP contribution in [0.3, 0.4) is 0 Å². The number of carboxylic acid groups (broad SMARTS) is 1. The number of halogens is 2. The number of benzene rings is 2. The Labute approximate surface area is 167 Å². The Kier molecular flexibility index (Phi) is 5.58. The maximum Gasteiger partial charge on any atom is 0.341 e. The zero-order valence-corrected chi connectivity index (χ0v) is 17.3. The molecule has 2 N–H and O–H groups in total. The fourth-order valence-electron chi connectivity index (χ4n) is 2.64. The van der Waals surface area contributed by atoms with Crippen LogP contribution < -0.4 is 9.47 Å². The SMILES string of the molecule is CC(C)c1c[nH]c2ccc(Oc3c(Br)cc(OCC(=O)O)cc3Br)cc12. The minimum atomic E-state index is -1.03. The molecule has 0 amide bonds. The molecule has 136 valence electrons. The number of fused-ring (bicyclic) bond motifs is 1. The van der Waals surface area contributed by atoms with Crippen molar-refractivity contribution < 1.29 is 19.4 Å². The number of hydrogen-bond donors (Lipinski definition) is 2. The predicted octanol–water partition coefficient (Wildman–Crippen LogP) is 6.07. The molecule has 7 heteroatoms. The van der Waals surface area contributed by atoms with Crippen LogP contribution in [-0.4, -0.2) is 22.7 Å². The lowest BCUT2D eigenvalue weighted by molar-refractivity contribution is -0.139. The van der Waals surface area contributed by atoms with Crippen molar-refractivity contribution in [1.29, 1.82) is 0 Å². The summed E-state index contributed by atoms with van der Waals surface area (Å²) in [4.78, 5) is 13.9. The monoisotopic (exact) mass is 481 g/mol. The number of ether oxygens (including phenoxy) is 2. The van der Waals surface area contributed by atoms with Gasteiger partial charge in [0.15, 0.2) is 12.4 Å². The summed E-state index contributed by atoms with van der Waals surface area (Å²) < 4.78 is 12.6. The van der Waals surface area contributed by atoms with Gasteiger partial charge < -0.3 is 19.6 Å². The molecule has 0 spiro atoms. The Bertz CT molecular complexity index is 942. The average molecular weight is 483 g/mol. The Morgan fingerprint density at radius 1 is 1.15 bits per heavy atom. The van der Waals surface area contributed by atoms with E-state index in [9.17, 15) is 4.79 Å². The number of aromatic amines is 1. The lowest BCUT2D eigenvalue weighted by Crippen LogP contribution is -2.09. The van der Waals surface area contributed by atoms with Crippen LogP contribution in [0.15, 0.2) is 45.5 Å². The van der Waals surface area contributed by atoms with Crippen LogP contribution in [0.2, 0.25) is 0 Å². The zero-order valence-electron chi connectivity index (χ0n) is 14.2. The minimum Gasteiger partial charge on any atom is -0.482 e. The molecule has 0 aliphatic carbocycles. The predicted molar refractivity (Wildman–Crippen MR) is 107 cm³/mol. The summed E-state index contributed by atoms with van der Waals surface area (Å²) in [7, 11) is 0. The minimum absolute atomic E-state index is 0.402. The van der Waals surface area contributed by atoms with E-state index in [1.165, 1.54) is 5.56 Å². The van der Waals surface area contributed by atoms with Gasteiger partial charge in [0.25, 0.3) is 0 Å². The molecule has 0 atom stereocenters. The number of carbonyl (C=O) groups is 1. The molecule has 0 fully saturated rings. The standard InChI is InChI=1S/C19H17Br2NO4/c1-10(2)14-8-22-17-4-3-11(5-13(14)17)26-19-15(20)6-12(7-16(19)21)25-9-18(23)24/h3-8,10,22H,9H2,1-2H3,(H,23,24). The first-order chi connectivity index (χ1) is 12.3. The molecule has 0 aliphatic rings. The summed E-state index contributed by atoms with van der Waals surface area (Å²) >= 11 is 6.91. The summed E-state index contributed by atoms with van der Waals surface area (Å²) in [5.41, 5.74) is 2.30. The smallest absolute Gasteiger partial charge is 0.341 e. The molecule has 1 aromatic heterocycles. The van der Waals surface area contributed by atoms with Gasteiger partial charge in [-0.3, -0.25) is 0 Å². The van der Waals surface area contributed by atoms with Crippen molar-refractivity contribution in [2.75, 3.05) is 6.61 Å². The highest BCUT2D eigenvalue weighted by molar-refractivity contribution is 9.11. The quantitative estimate of drug-likeness (QED) is 0.447. The van der Waals surface area contributed by atoms with E-state index in [1.54, 1.807) is 12.1 Å². The van der Waals surface area contributed by atoms with E-state index in [0.29, 0.717) is 32.1 Å². The zero-order chi connectivity index (χ0) is 18.8. The highest BCUT2D eigenvalue weighted by atomic mass is 79.9. The number of nitrogens with one attached hydrogen (secondary N) is 1. The van der Waals surface area contributed by atoms with E-state index < -0.39 is 12.6 Å². The summed E-state index contributed by atoms with van der Waals surface area (Å²) in [5, 5.41) is 9.85. The van der Waals surface area contributed by atoms with Crippen molar-refractivity contribution in [3.8, 4) is 17.2 Å². The van der Waals surface area contributed by atoms with Crippen LogP contribution in [0.25, 0.3) is 10.9 Å². The summed E-state index contributed by atoms with van der Waals surface area (Å²) in [6.45, 7) is 3.90. The van der Waals surface area contributed by atoms with Gasteiger partial charge >= 0.3 is 5.97 Å². The molecule has 0 unspecified atom stereocenters. The van der Waals surface area contributed by atoms with E-state index in [2.05, 4.69) is 50.7 Å². The van der Waals surface area contributed by atoms with Gasteiger partial charge in [-0.1, -0.05) is 13.8 Å². The molecule has 0 bridgehead atoms. The molecule has 5 nitrogen and oxygen atoms in total. The molecule has 3 rings (SSSR count). The van der Waals surface area contributed by atoms with Crippen molar-refractivity contribution in [1.82, 2.24) is 4.98 Å². The first-order valence-corrected chi connectivity index (χ1v) is 9.56. The molecule has 0 aliphatic heterocycles. The molecular weight excluding hydrogens is 466 g/mol. The largest absolute Gasteiger partial charge is 0.482 e. The Hall–Kier alpha value is -1.99. The van der Waals surface area contributed by atoms with Crippen molar-refractivity contribution in [3.63, 3.8) is 0 Å². The van der Waals surface area contributed by atoms with Gasteiger partial charge in [-0.15, -0.1) is 0 Å². The van der Waals surface area contributed by atoms with Crippen LogP contribution in [-0.2, 0) is 4.79 Å².